The van der Waals surface area contributed by atoms with Crippen LogP contribution in [0, 0.1) is 0 Å². The molecular formula is C15H12Cl2N2O3S. The topological polar surface area (TPSA) is 68.3 Å². The van der Waals surface area contributed by atoms with Gasteiger partial charge in [0, 0.05) is 16.8 Å². The van der Waals surface area contributed by atoms with E-state index in [9.17, 15) is 9.59 Å². The lowest BCUT2D eigenvalue weighted by atomic mass is 10.3. The molecule has 1 aromatic heterocycles. The van der Waals surface area contributed by atoms with Gasteiger partial charge in [0.1, 0.15) is 5.15 Å². The average molecular weight is 371 g/mol. The SMILES string of the molecule is CSc1ccc(NC(=O)COC(=O)c2cnc(Cl)c(Cl)c2)cc1. The molecule has 0 unspecified atom stereocenters. The summed E-state index contributed by atoms with van der Waals surface area (Å²) in [5.74, 6) is -1.15. The van der Waals surface area contributed by atoms with Crippen LogP contribution in [0.5, 0.6) is 0 Å². The van der Waals surface area contributed by atoms with Crippen molar-refractivity contribution in [1.29, 1.82) is 0 Å². The third-order valence-corrected chi connectivity index (χ3v) is 4.17. The van der Waals surface area contributed by atoms with E-state index in [0.29, 0.717) is 5.69 Å². The number of rotatable bonds is 5. The standard InChI is InChI=1S/C15H12Cl2N2O3S/c1-23-11-4-2-10(3-5-11)19-13(20)8-22-15(21)9-6-12(16)14(17)18-7-9/h2-7H,8H2,1H3,(H,19,20). The molecule has 0 aliphatic carbocycles. The summed E-state index contributed by atoms with van der Waals surface area (Å²) < 4.78 is 4.91. The normalized spacial score (nSPS) is 10.2. The first kappa shape index (κ1) is 17.6. The summed E-state index contributed by atoms with van der Waals surface area (Å²) >= 11 is 13.0. The number of anilines is 1. The molecule has 0 spiro atoms. The number of pyridine rings is 1. The molecule has 0 aliphatic heterocycles. The Labute approximate surface area is 147 Å². The maximum absolute atomic E-state index is 11.8. The molecule has 0 radical (unpaired) electrons. The fraction of sp³-hybridized carbons (Fsp3) is 0.133. The lowest BCUT2D eigenvalue weighted by Crippen LogP contribution is -2.21. The second-order valence-electron chi connectivity index (χ2n) is 4.35. The van der Waals surface area contributed by atoms with Crippen LogP contribution in [0.1, 0.15) is 10.4 Å². The van der Waals surface area contributed by atoms with Gasteiger partial charge in [-0.25, -0.2) is 9.78 Å². The zero-order chi connectivity index (χ0) is 16.8. The molecule has 23 heavy (non-hydrogen) atoms. The van der Waals surface area contributed by atoms with Gasteiger partial charge in [-0.3, -0.25) is 4.79 Å². The number of ether oxygens (including phenoxy) is 1. The highest BCUT2D eigenvalue weighted by atomic mass is 35.5. The second kappa shape index (κ2) is 8.19. The number of amides is 1. The fourth-order valence-corrected chi connectivity index (χ4v) is 2.30. The number of benzene rings is 1. The van der Waals surface area contributed by atoms with Crippen LogP contribution in [0.15, 0.2) is 41.4 Å². The Bertz CT molecular complexity index is 723. The van der Waals surface area contributed by atoms with Gasteiger partial charge >= 0.3 is 5.97 Å². The summed E-state index contributed by atoms with van der Waals surface area (Å²) in [6.07, 6.45) is 3.19. The van der Waals surface area contributed by atoms with E-state index in [1.54, 1.807) is 23.9 Å². The van der Waals surface area contributed by atoms with Gasteiger partial charge in [-0.05, 0) is 36.6 Å². The Hall–Kier alpha value is -1.76. The molecule has 8 heteroatoms. The zero-order valence-corrected chi connectivity index (χ0v) is 14.3. The van der Waals surface area contributed by atoms with Crippen molar-refractivity contribution in [2.45, 2.75) is 4.90 Å². The number of carbonyl (C=O) groups is 2. The molecule has 0 atom stereocenters. The number of carbonyl (C=O) groups excluding carboxylic acids is 2. The number of nitrogens with one attached hydrogen (secondary N) is 1. The molecule has 0 saturated heterocycles. The Balaban J connectivity index is 1.87. The van der Waals surface area contributed by atoms with Gasteiger partial charge in [-0.15, -0.1) is 11.8 Å². The number of nitrogens with zero attached hydrogens (tertiary/aromatic N) is 1. The number of aromatic nitrogens is 1. The van der Waals surface area contributed by atoms with Crippen molar-refractivity contribution in [2.75, 3.05) is 18.2 Å². The van der Waals surface area contributed by atoms with Crippen molar-refractivity contribution >= 4 is 52.5 Å². The Morgan fingerprint density at radius 3 is 2.57 bits per heavy atom. The van der Waals surface area contributed by atoms with E-state index in [1.807, 2.05) is 18.4 Å². The van der Waals surface area contributed by atoms with Crippen LogP contribution >= 0.6 is 35.0 Å². The van der Waals surface area contributed by atoms with E-state index in [-0.39, 0.29) is 15.7 Å². The van der Waals surface area contributed by atoms with Crippen molar-refractivity contribution in [2.24, 2.45) is 0 Å². The molecule has 120 valence electrons. The van der Waals surface area contributed by atoms with Crippen molar-refractivity contribution < 1.29 is 14.3 Å². The minimum Gasteiger partial charge on any atom is -0.452 e. The smallest absolute Gasteiger partial charge is 0.340 e. The highest BCUT2D eigenvalue weighted by Crippen LogP contribution is 2.20. The summed E-state index contributed by atoms with van der Waals surface area (Å²) in [7, 11) is 0. The molecule has 1 aromatic carbocycles. The Kier molecular flexibility index (Phi) is 6.27. The third kappa shape index (κ3) is 5.13. The molecule has 5 nitrogen and oxygen atoms in total. The van der Waals surface area contributed by atoms with Gasteiger partial charge in [0.2, 0.25) is 0 Å². The number of hydrogen-bond donors (Lipinski definition) is 1. The molecule has 2 aromatic rings. The average Bonchev–Trinajstić information content (AvgIpc) is 2.56. The Morgan fingerprint density at radius 2 is 1.96 bits per heavy atom. The van der Waals surface area contributed by atoms with E-state index >= 15 is 0 Å². The lowest BCUT2D eigenvalue weighted by Gasteiger charge is -2.07. The fourth-order valence-electron chi connectivity index (χ4n) is 1.62. The maximum atomic E-state index is 11.8. The lowest BCUT2D eigenvalue weighted by molar-refractivity contribution is -0.119. The van der Waals surface area contributed by atoms with Crippen LogP contribution in [-0.4, -0.2) is 29.7 Å². The van der Waals surface area contributed by atoms with E-state index in [2.05, 4.69) is 10.3 Å². The molecule has 0 fully saturated rings. The first-order chi connectivity index (χ1) is 11.0. The minimum atomic E-state index is -0.705. The molecule has 1 amide bonds. The van der Waals surface area contributed by atoms with Gasteiger partial charge in [0.15, 0.2) is 6.61 Å². The van der Waals surface area contributed by atoms with Crippen LogP contribution in [0.2, 0.25) is 10.2 Å². The van der Waals surface area contributed by atoms with Gasteiger partial charge < -0.3 is 10.1 Å². The van der Waals surface area contributed by atoms with E-state index in [1.165, 1.54) is 12.3 Å². The van der Waals surface area contributed by atoms with Crippen LogP contribution in [-0.2, 0) is 9.53 Å². The summed E-state index contributed by atoms with van der Waals surface area (Å²) in [6.45, 7) is -0.413. The van der Waals surface area contributed by atoms with Crippen molar-refractivity contribution in [1.82, 2.24) is 4.98 Å². The zero-order valence-electron chi connectivity index (χ0n) is 12.0. The number of halogens is 2. The molecule has 0 bridgehead atoms. The monoisotopic (exact) mass is 370 g/mol. The van der Waals surface area contributed by atoms with Gasteiger partial charge in [0.05, 0.1) is 10.6 Å². The highest BCUT2D eigenvalue weighted by Gasteiger charge is 2.12. The van der Waals surface area contributed by atoms with Crippen molar-refractivity contribution in [3.05, 3.63) is 52.3 Å². The Morgan fingerprint density at radius 1 is 1.26 bits per heavy atom. The van der Waals surface area contributed by atoms with Gasteiger partial charge in [-0.2, -0.15) is 0 Å². The third-order valence-electron chi connectivity index (χ3n) is 2.74. The summed E-state index contributed by atoms with van der Waals surface area (Å²) in [5, 5.41) is 2.86. The van der Waals surface area contributed by atoms with Gasteiger partial charge in [-0.1, -0.05) is 23.2 Å². The predicted octanol–water partition coefficient (Wildman–Crippen LogP) is 3.91. The van der Waals surface area contributed by atoms with E-state index < -0.39 is 18.5 Å². The predicted molar refractivity (Wildman–Crippen MR) is 91.4 cm³/mol. The van der Waals surface area contributed by atoms with Crippen LogP contribution in [0.25, 0.3) is 0 Å². The molecule has 0 saturated carbocycles. The largest absolute Gasteiger partial charge is 0.452 e. The maximum Gasteiger partial charge on any atom is 0.340 e. The molecule has 1 heterocycles. The highest BCUT2D eigenvalue weighted by molar-refractivity contribution is 7.98. The minimum absolute atomic E-state index is 0.0923. The van der Waals surface area contributed by atoms with E-state index in [4.69, 9.17) is 27.9 Å². The number of hydrogen-bond acceptors (Lipinski definition) is 5. The molecular weight excluding hydrogens is 359 g/mol. The summed E-state index contributed by atoms with van der Waals surface area (Å²) in [5.41, 5.74) is 0.747. The molecule has 0 aliphatic rings. The molecule has 1 N–H and O–H groups in total. The van der Waals surface area contributed by atoms with Crippen LogP contribution in [0.3, 0.4) is 0 Å². The van der Waals surface area contributed by atoms with Crippen LogP contribution < -0.4 is 5.32 Å². The number of thioether (sulfide) groups is 1. The first-order valence-corrected chi connectivity index (χ1v) is 8.39. The van der Waals surface area contributed by atoms with Gasteiger partial charge in [0.25, 0.3) is 5.91 Å². The number of esters is 1. The summed E-state index contributed by atoms with van der Waals surface area (Å²) in [6, 6.07) is 8.64. The van der Waals surface area contributed by atoms with Crippen molar-refractivity contribution in [3.8, 4) is 0 Å². The molecule has 2 rings (SSSR count). The van der Waals surface area contributed by atoms with E-state index in [0.717, 1.165) is 4.90 Å². The quantitative estimate of drug-likeness (QED) is 0.490. The van der Waals surface area contributed by atoms with Crippen LogP contribution in [0.4, 0.5) is 5.69 Å². The first-order valence-electron chi connectivity index (χ1n) is 6.41. The van der Waals surface area contributed by atoms with Crippen molar-refractivity contribution in [3.63, 3.8) is 0 Å². The summed E-state index contributed by atoms with van der Waals surface area (Å²) in [4.78, 5) is 28.4. The second-order valence-corrected chi connectivity index (χ2v) is 5.99.